The Kier molecular flexibility index (Phi) is 7.89. The summed E-state index contributed by atoms with van der Waals surface area (Å²) >= 11 is 0. The first kappa shape index (κ1) is 27.3. The Labute approximate surface area is 220 Å². The lowest BCUT2D eigenvalue weighted by molar-refractivity contribution is -0.154. The Hall–Kier alpha value is -3.70. The molecule has 0 saturated carbocycles. The molecule has 4 aromatic rings. The predicted molar refractivity (Wildman–Crippen MR) is 144 cm³/mol. The van der Waals surface area contributed by atoms with Crippen LogP contribution < -0.4 is 10.5 Å². The molecule has 0 amide bonds. The standard InChI is InChI=1S/C27H30N2O8S/c1-27(2,3)37-22(30)14-8-15-29(16-9-17-38(32,33)34)24-18-10-4-6-12-20(18)36-26(31)23(24)25-28-19-11-5-7-13-21(19)35-25/h4-7,10-13H,8-9,14-17H2,1-3H3,(H,32,33,34). The topological polar surface area (TPSA) is 140 Å². The maximum absolute atomic E-state index is 13.3. The molecule has 0 radical (unpaired) electrons. The summed E-state index contributed by atoms with van der Waals surface area (Å²) in [4.78, 5) is 31.9. The number of rotatable bonds is 10. The average molecular weight is 543 g/mol. The summed E-state index contributed by atoms with van der Waals surface area (Å²) in [5, 5.41) is 0.591. The first-order chi connectivity index (χ1) is 17.9. The lowest BCUT2D eigenvalue weighted by atomic mass is 10.1. The number of carbonyl (C=O) groups excluding carboxylic acids is 1. The molecule has 38 heavy (non-hydrogen) atoms. The maximum atomic E-state index is 13.3. The van der Waals surface area contributed by atoms with Crippen molar-refractivity contribution in [3.63, 3.8) is 0 Å². The van der Waals surface area contributed by atoms with E-state index in [2.05, 4.69) is 4.98 Å². The molecule has 11 heteroatoms. The van der Waals surface area contributed by atoms with Crippen LogP contribution in [0.25, 0.3) is 33.5 Å². The number of carbonyl (C=O) groups is 1. The number of aromatic nitrogens is 1. The second-order valence-electron chi connectivity index (χ2n) is 9.91. The first-order valence-corrected chi connectivity index (χ1v) is 13.9. The van der Waals surface area contributed by atoms with E-state index in [1.54, 1.807) is 74.2 Å². The zero-order valence-corrected chi connectivity index (χ0v) is 22.3. The van der Waals surface area contributed by atoms with Gasteiger partial charge in [-0.25, -0.2) is 9.78 Å². The lowest BCUT2D eigenvalue weighted by Gasteiger charge is -2.27. The summed E-state index contributed by atoms with van der Waals surface area (Å²) in [5.41, 5.74) is 0.622. The van der Waals surface area contributed by atoms with E-state index in [1.165, 1.54) is 0 Å². The number of benzene rings is 2. The van der Waals surface area contributed by atoms with Gasteiger partial charge in [-0.05, 0) is 57.9 Å². The van der Waals surface area contributed by atoms with Crippen LogP contribution in [0, 0.1) is 0 Å². The summed E-state index contributed by atoms with van der Waals surface area (Å²) in [6, 6.07) is 14.1. The molecule has 0 saturated heterocycles. The molecule has 0 unspecified atom stereocenters. The first-order valence-electron chi connectivity index (χ1n) is 12.2. The Morgan fingerprint density at radius 2 is 1.66 bits per heavy atom. The molecule has 0 spiro atoms. The number of para-hydroxylation sites is 3. The van der Waals surface area contributed by atoms with Gasteiger partial charge < -0.3 is 18.5 Å². The van der Waals surface area contributed by atoms with Crippen molar-refractivity contribution in [2.75, 3.05) is 23.7 Å². The van der Waals surface area contributed by atoms with Crippen LogP contribution in [0.15, 0.2) is 62.2 Å². The van der Waals surface area contributed by atoms with Crippen LogP contribution in [-0.4, -0.2) is 48.4 Å². The second-order valence-corrected chi connectivity index (χ2v) is 11.5. The van der Waals surface area contributed by atoms with E-state index in [-0.39, 0.29) is 43.4 Å². The number of esters is 1. The third-order valence-electron chi connectivity index (χ3n) is 5.67. The van der Waals surface area contributed by atoms with Crippen LogP contribution in [0.5, 0.6) is 0 Å². The Morgan fingerprint density at radius 3 is 2.34 bits per heavy atom. The molecule has 1 N–H and O–H groups in total. The molecular formula is C27H30N2O8S. The molecule has 0 aliphatic heterocycles. The van der Waals surface area contributed by atoms with Crippen LogP contribution in [0.1, 0.15) is 40.0 Å². The molecule has 202 valence electrons. The molecule has 0 aliphatic carbocycles. The van der Waals surface area contributed by atoms with Gasteiger partial charge in [0.1, 0.15) is 22.3 Å². The summed E-state index contributed by atoms with van der Waals surface area (Å²) < 4.78 is 49.1. The zero-order valence-electron chi connectivity index (χ0n) is 21.5. The van der Waals surface area contributed by atoms with Crippen LogP contribution in [-0.2, 0) is 19.6 Å². The fraction of sp³-hybridized carbons (Fsp3) is 0.370. The average Bonchev–Trinajstić information content (AvgIpc) is 3.24. The maximum Gasteiger partial charge on any atom is 0.351 e. The molecule has 0 bridgehead atoms. The normalized spacial score (nSPS) is 12.2. The molecule has 10 nitrogen and oxygen atoms in total. The molecule has 4 rings (SSSR count). The quantitative estimate of drug-likeness (QED) is 0.169. The predicted octanol–water partition coefficient (Wildman–Crippen LogP) is 4.81. The van der Waals surface area contributed by atoms with E-state index in [4.69, 9.17) is 13.6 Å². The summed E-state index contributed by atoms with van der Waals surface area (Å²) in [6.45, 7) is 5.80. The van der Waals surface area contributed by atoms with Crippen molar-refractivity contribution < 1.29 is 31.3 Å². The van der Waals surface area contributed by atoms with Gasteiger partial charge in [0, 0.05) is 24.9 Å². The smallest absolute Gasteiger partial charge is 0.351 e. The second kappa shape index (κ2) is 11.0. The van der Waals surface area contributed by atoms with Crippen LogP contribution in [0.4, 0.5) is 5.69 Å². The minimum absolute atomic E-state index is 0.0626. The fourth-order valence-corrected chi connectivity index (χ4v) is 4.70. The van der Waals surface area contributed by atoms with Gasteiger partial charge in [0.25, 0.3) is 10.1 Å². The van der Waals surface area contributed by atoms with E-state index < -0.39 is 27.1 Å². The fourth-order valence-electron chi connectivity index (χ4n) is 4.21. The number of hydrogen-bond donors (Lipinski definition) is 1. The van der Waals surface area contributed by atoms with E-state index >= 15 is 0 Å². The van der Waals surface area contributed by atoms with Gasteiger partial charge in [-0.1, -0.05) is 24.3 Å². The van der Waals surface area contributed by atoms with E-state index in [0.29, 0.717) is 34.2 Å². The van der Waals surface area contributed by atoms with Gasteiger partial charge >= 0.3 is 11.6 Å². The zero-order chi connectivity index (χ0) is 27.5. The van der Waals surface area contributed by atoms with Crippen molar-refractivity contribution in [2.45, 2.75) is 45.6 Å². The van der Waals surface area contributed by atoms with Gasteiger partial charge in [0.2, 0.25) is 5.89 Å². The highest BCUT2D eigenvalue weighted by atomic mass is 32.2. The number of nitrogens with zero attached hydrogens (tertiary/aromatic N) is 2. The summed E-state index contributed by atoms with van der Waals surface area (Å²) in [5.74, 6) is -0.771. The SMILES string of the molecule is CC(C)(C)OC(=O)CCCN(CCCS(=O)(=O)O)c1c(-c2nc3ccccc3o2)c(=O)oc2ccccc12. The number of ether oxygens (including phenoxy) is 1. The Bertz CT molecular complexity index is 1580. The van der Waals surface area contributed by atoms with Gasteiger partial charge in [0.15, 0.2) is 5.58 Å². The molecule has 0 aliphatic rings. The molecule has 0 atom stereocenters. The molecule has 2 aromatic heterocycles. The van der Waals surface area contributed by atoms with Crippen molar-refractivity contribution in [3.05, 3.63) is 59.0 Å². The third kappa shape index (κ3) is 6.78. The minimum Gasteiger partial charge on any atom is -0.460 e. The third-order valence-corrected chi connectivity index (χ3v) is 6.47. The molecule has 0 fully saturated rings. The highest BCUT2D eigenvalue weighted by Crippen LogP contribution is 2.36. The van der Waals surface area contributed by atoms with Crippen molar-refractivity contribution in [1.82, 2.24) is 4.98 Å². The van der Waals surface area contributed by atoms with Gasteiger partial charge in [-0.3, -0.25) is 9.35 Å². The van der Waals surface area contributed by atoms with E-state index in [1.807, 2.05) is 0 Å². The van der Waals surface area contributed by atoms with Crippen molar-refractivity contribution in [1.29, 1.82) is 0 Å². The molecule has 2 aromatic carbocycles. The van der Waals surface area contributed by atoms with E-state index in [0.717, 1.165) is 0 Å². The highest BCUT2D eigenvalue weighted by Gasteiger charge is 2.26. The number of anilines is 1. The van der Waals surface area contributed by atoms with Crippen LogP contribution >= 0.6 is 0 Å². The van der Waals surface area contributed by atoms with Crippen molar-refractivity contribution in [3.8, 4) is 11.5 Å². The molecular weight excluding hydrogens is 512 g/mol. The Morgan fingerprint density at radius 1 is 1.00 bits per heavy atom. The van der Waals surface area contributed by atoms with Crippen molar-refractivity contribution >= 4 is 43.8 Å². The number of oxazole rings is 1. The van der Waals surface area contributed by atoms with Gasteiger partial charge in [0.05, 0.1) is 11.4 Å². The van der Waals surface area contributed by atoms with Crippen LogP contribution in [0.2, 0.25) is 0 Å². The summed E-state index contributed by atoms with van der Waals surface area (Å²) in [6.07, 6.45) is 0.554. The highest BCUT2D eigenvalue weighted by molar-refractivity contribution is 7.85. The molecule has 2 heterocycles. The largest absolute Gasteiger partial charge is 0.460 e. The minimum atomic E-state index is -4.20. The van der Waals surface area contributed by atoms with Gasteiger partial charge in [-0.2, -0.15) is 8.42 Å². The summed E-state index contributed by atoms with van der Waals surface area (Å²) in [7, 11) is -4.20. The number of fused-ring (bicyclic) bond motifs is 2. The monoisotopic (exact) mass is 542 g/mol. The van der Waals surface area contributed by atoms with Gasteiger partial charge in [-0.15, -0.1) is 0 Å². The number of hydrogen-bond acceptors (Lipinski definition) is 9. The lowest BCUT2D eigenvalue weighted by Crippen LogP contribution is -2.30. The van der Waals surface area contributed by atoms with E-state index in [9.17, 15) is 22.6 Å². The Balaban J connectivity index is 1.78. The van der Waals surface area contributed by atoms with Crippen molar-refractivity contribution in [2.24, 2.45) is 0 Å². The van der Waals surface area contributed by atoms with Crippen LogP contribution in [0.3, 0.4) is 0 Å².